The first-order valence-corrected chi connectivity index (χ1v) is 13.8. The lowest BCUT2D eigenvalue weighted by Crippen LogP contribution is -2.50. The van der Waals surface area contributed by atoms with E-state index in [0.29, 0.717) is 30.0 Å². The van der Waals surface area contributed by atoms with Gasteiger partial charge in [-0.2, -0.15) is 0 Å². The molecule has 2 aliphatic rings. The van der Waals surface area contributed by atoms with Gasteiger partial charge in [0.1, 0.15) is 5.75 Å². The first-order chi connectivity index (χ1) is 17.2. The first-order valence-electron chi connectivity index (χ1n) is 12.3. The standard InChI is InChI=1S/C24H36N6O5S/c1-17-13-20(34-4)14-18(2)22(17)36(32,33)25-15-21-26-27-23(35-21)24(31)30-11-9-29(10-12-30)16-19-5-7-28(3)8-6-19/h13-14,19,25H,5-12,15-16H2,1-4H3. The molecular weight excluding hydrogens is 484 g/mol. The predicted molar refractivity (Wildman–Crippen MR) is 133 cm³/mol. The predicted octanol–water partition coefficient (Wildman–Crippen LogP) is 1.27. The van der Waals surface area contributed by atoms with Gasteiger partial charge in [-0.1, -0.05) is 0 Å². The van der Waals surface area contributed by atoms with E-state index in [4.69, 9.17) is 9.15 Å². The van der Waals surface area contributed by atoms with Crippen LogP contribution in [0.2, 0.25) is 0 Å². The number of methoxy groups -OCH3 is 1. The molecule has 3 heterocycles. The van der Waals surface area contributed by atoms with Crippen LogP contribution in [-0.2, 0) is 16.6 Å². The number of hydrogen-bond donors (Lipinski definition) is 1. The van der Waals surface area contributed by atoms with E-state index in [1.807, 2.05) is 0 Å². The molecule has 12 heteroatoms. The maximum atomic E-state index is 12.9. The molecule has 198 valence electrons. The van der Waals surface area contributed by atoms with Gasteiger partial charge in [-0.05, 0) is 76.0 Å². The molecule has 0 atom stereocenters. The second-order valence-corrected chi connectivity index (χ2v) is 11.5. The van der Waals surface area contributed by atoms with E-state index in [9.17, 15) is 13.2 Å². The number of piperidine rings is 1. The van der Waals surface area contributed by atoms with Crippen molar-refractivity contribution in [2.24, 2.45) is 5.92 Å². The van der Waals surface area contributed by atoms with Crippen LogP contribution in [-0.4, -0.2) is 99.2 Å². The van der Waals surface area contributed by atoms with Crippen molar-refractivity contribution in [2.75, 3.05) is 60.0 Å². The molecule has 0 unspecified atom stereocenters. The summed E-state index contributed by atoms with van der Waals surface area (Å²) in [5.41, 5.74) is 1.13. The van der Waals surface area contributed by atoms with Crippen LogP contribution in [0.1, 0.15) is 40.5 Å². The van der Waals surface area contributed by atoms with Gasteiger partial charge in [0.15, 0.2) is 0 Å². The highest BCUT2D eigenvalue weighted by Crippen LogP contribution is 2.25. The minimum absolute atomic E-state index is 0.0339. The van der Waals surface area contributed by atoms with Crippen LogP contribution >= 0.6 is 0 Å². The summed E-state index contributed by atoms with van der Waals surface area (Å²) in [6, 6.07) is 3.33. The molecule has 2 fully saturated rings. The van der Waals surface area contributed by atoms with Crippen molar-refractivity contribution in [3.8, 4) is 5.75 Å². The normalized spacial score (nSPS) is 18.5. The third-order valence-corrected chi connectivity index (χ3v) is 8.72. The Bertz CT molecular complexity index is 1140. The number of sulfonamides is 1. The largest absolute Gasteiger partial charge is 0.497 e. The summed E-state index contributed by atoms with van der Waals surface area (Å²) in [7, 11) is -0.134. The molecule has 11 nitrogen and oxygen atoms in total. The molecule has 2 aliphatic heterocycles. The van der Waals surface area contributed by atoms with Crippen LogP contribution in [0.25, 0.3) is 0 Å². The molecule has 1 aromatic carbocycles. The second kappa shape index (κ2) is 11.2. The van der Waals surface area contributed by atoms with Gasteiger partial charge in [-0.25, -0.2) is 13.1 Å². The van der Waals surface area contributed by atoms with Gasteiger partial charge in [0.25, 0.3) is 0 Å². The maximum Gasteiger partial charge on any atom is 0.311 e. The SMILES string of the molecule is COc1cc(C)c(S(=O)(=O)NCc2nnc(C(=O)N3CCN(CC4CCN(C)CC4)CC3)o2)c(C)c1. The summed E-state index contributed by atoms with van der Waals surface area (Å²) in [5, 5.41) is 7.74. The second-order valence-electron chi connectivity index (χ2n) is 9.76. The lowest BCUT2D eigenvalue weighted by molar-refractivity contribution is 0.0556. The average Bonchev–Trinajstić information content (AvgIpc) is 3.33. The minimum atomic E-state index is -3.83. The molecule has 4 rings (SSSR count). The third kappa shape index (κ3) is 6.23. The monoisotopic (exact) mass is 520 g/mol. The summed E-state index contributed by atoms with van der Waals surface area (Å²) in [6.45, 7) is 9.43. The Kier molecular flexibility index (Phi) is 8.28. The Morgan fingerprint density at radius 2 is 1.72 bits per heavy atom. The Hall–Kier alpha value is -2.54. The molecule has 0 spiro atoms. The number of nitrogens with zero attached hydrogens (tertiary/aromatic N) is 5. The zero-order valence-electron chi connectivity index (χ0n) is 21.5. The molecule has 2 saturated heterocycles. The number of piperazine rings is 1. The van der Waals surface area contributed by atoms with Crippen LogP contribution < -0.4 is 9.46 Å². The van der Waals surface area contributed by atoms with E-state index in [1.54, 1.807) is 30.9 Å². The zero-order chi connectivity index (χ0) is 25.9. The maximum absolute atomic E-state index is 12.9. The van der Waals surface area contributed by atoms with Gasteiger partial charge in [-0.3, -0.25) is 9.69 Å². The van der Waals surface area contributed by atoms with Crippen molar-refractivity contribution in [1.82, 2.24) is 29.6 Å². The zero-order valence-corrected chi connectivity index (χ0v) is 22.3. The number of carbonyl (C=O) groups is 1. The van der Waals surface area contributed by atoms with Gasteiger partial charge in [0, 0.05) is 32.7 Å². The van der Waals surface area contributed by atoms with Crippen LogP contribution in [0.3, 0.4) is 0 Å². The Balaban J connectivity index is 1.29. The Morgan fingerprint density at radius 3 is 2.33 bits per heavy atom. The topological polar surface area (TPSA) is 121 Å². The summed E-state index contributed by atoms with van der Waals surface area (Å²) >= 11 is 0. The van der Waals surface area contributed by atoms with Gasteiger partial charge in [-0.15, -0.1) is 10.2 Å². The van der Waals surface area contributed by atoms with Gasteiger partial charge in [0.2, 0.25) is 15.9 Å². The van der Waals surface area contributed by atoms with E-state index in [1.165, 1.54) is 20.0 Å². The fourth-order valence-electron chi connectivity index (χ4n) is 4.97. The molecule has 0 radical (unpaired) electrons. The number of hydrogen-bond acceptors (Lipinski definition) is 9. The van der Waals surface area contributed by atoms with Crippen LogP contribution in [0, 0.1) is 19.8 Å². The highest BCUT2D eigenvalue weighted by atomic mass is 32.2. The van der Waals surface area contributed by atoms with Crippen molar-refractivity contribution >= 4 is 15.9 Å². The first kappa shape index (κ1) is 26.5. The van der Waals surface area contributed by atoms with Crippen molar-refractivity contribution < 1.29 is 22.4 Å². The summed E-state index contributed by atoms with van der Waals surface area (Å²) < 4.78 is 39.0. The smallest absolute Gasteiger partial charge is 0.311 e. The van der Waals surface area contributed by atoms with E-state index in [2.05, 4.69) is 31.8 Å². The van der Waals surface area contributed by atoms with Crippen LogP contribution in [0.5, 0.6) is 5.75 Å². The lowest BCUT2D eigenvalue weighted by Gasteiger charge is -2.37. The number of benzene rings is 1. The molecule has 0 saturated carbocycles. The van der Waals surface area contributed by atoms with E-state index >= 15 is 0 Å². The highest BCUT2D eigenvalue weighted by molar-refractivity contribution is 7.89. The molecule has 0 aliphatic carbocycles. The number of carbonyl (C=O) groups excluding carboxylic acids is 1. The number of rotatable bonds is 8. The fourth-order valence-corrected chi connectivity index (χ4v) is 6.39. The fraction of sp³-hybridized carbons (Fsp3) is 0.625. The number of aromatic nitrogens is 2. The molecule has 1 N–H and O–H groups in total. The molecular formula is C24H36N6O5S. The Labute approximate surface area is 212 Å². The number of aryl methyl sites for hydroxylation is 2. The van der Waals surface area contributed by atoms with Crippen molar-refractivity contribution in [2.45, 2.75) is 38.1 Å². The lowest BCUT2D eigenvalue weighted by atomic mass is 9.96. The van der Waals surface area contributed by atoms with Gasteiger partial charge in [0.05, 0.1) is 18.6 Å². The van der Waals surface area contributed by atoms with E-state index < -0.39 is 10.0 Å². The van der Waals surface area contributed by atoms with Gasteiger partial charge >= 0.3 is 11.8 Å². The van der Waals surface area contributed by atoms with Crippen LogP contribution in [0.15, 0.2) is 21.4 Å². The molecule has 2 aromatic rings. The average molecular weight is 521 g/mol. The number of ether oxygens (including phenoxy) is 1. The number of amides is 1. The summed E-state index contributed by atoms with van der Waals surface area (Å²) in [6.07, 6.45) is 2.45. The molecule has 36 heavy (non-hydrogen) atoms. The number of likely N-dealkylation sites (tertiary alicyclic amines) is 1. The van der Waals surface area contributed by atoms with Crippen molar-refractivity contribution in [1.29, 1.82) is 0 Å². The van der Waals surface area contributed by atoms with Crippen molar-refractivity contribution in [3.05, 3.63) is 35.0 Å². The quantitative estimate of drug-likeness (QED) is 0.548. The highest BCUT2D eigenvalue weighted by Gasteiger charge is 2.28. The minimum Gasteiger partial charge on any atom is -0.497 e. The molecule has 1 amide bonds. The van der Waals surface area contributed by atoms with E-state index in [0.717, 1.165) is 38.6 Å². The van der Waals surface area contributed by atoms with Crippen LogP contribution in [0.4, 0.5) is 0 Å². The third-order valence-electron chi connectivity index (χ3n) is 7.02. The van der Waals surface area contributed by atoms with Gasteiger partial charge < -0.3 is 19.0 Å². The molecule has 1 aromatic heterocycles. The summed E-state index contributed by atoms with van der Waals surface area (Å²) in [5.74, 6) is 0.900. The van der Waals surface area contributed by atoms with Crippen molar-refractivity contribution in [3.63, 3.8) is 0 Å². The van der Waals surface area contributed by atoms with E-state index in [-0.39, 0.29) is 29.1 Å². The molecule has 0 bridgehead atoms. The summed E-state index contributed by atoms with van der Waals surface area (Å²) in [4.78, 5) is 19.6. The number of nitrogens with one attached hydrogen (secondary N) is 1. The Morgan fingerprint density at radius 1 is 1.08 bits per heavy atom.